The van der Waals surface area contributed by atoms with Crippen LogP contribution in [0, 0.1) is 0 Å². The molecule has 1 heterocycles. The van der Waals surface area contributed by atoms with Gasteiger partial charge < -0.3 is 14.4 Å². The van der Waals surface area contributed by atoms with Crippen molar-refractivity contribution >= 4 is 21.6 Å². The van der Waals surface area contributed by atoms with Crippen molar-refractivity contribution in [3.8, 4) is 11.5 Å². The molecule has 1 amide bonds. The van der Waals surface area contributed by atoms with E-state index in [0.29, 0.717) is 17.2 Å². The summed E-state index contributed by atoms with van der Waals surface area (Å²) in [4.78, 5) is 14.1. The van der Waals surface area contributed by atoms with Crippen molar-refractivity contribution in [1.82, 2.24) is 4.72 Å². The molecule has 0 aromatic heterocycles. The third-order valence-electron chi connectivity index (χ3n) is 4.18. The number of ether oxygens (including phenoxy) is 2. The van der Waals surface area contributed by atoms with E-state index < -0.39 is 16.1 Å². The van der Waals surface area contributed by atoms with Crippen molar-refractivity contribution in [2.75, 3.05) is 25.7 Å². The summed E-state index contributed by atoms with van der Waals surface area (Å²) in [6, 6.07) is 12.8. The monoisotopic (exact) mass is 376 g/mol. The summed E-state index contributed by atoms with van der Waals surface area (Å²) in [7, 11) is -0.617. The van der Waals surface area contributed by atoms with Crippen molar-refractivity contribution in [1.29, 1.82) is 0 Å². The molecule has 3 rings (SSSR count). The fourth-order valence-electron chi connectivity index (χ4n) is 2.92. The van der Waals surface area contributed by atoms with E-state index in [-0.39, 0.29) is 23.8 Å². The zero-order valence-electron chi connectivity index (χ0n) is 14.5. The molecule has 1 saturated heterocycles. The average Bonchev–Trinajstić information content (AvgIpc) is 3.01. The summed E-state index contributed by atoms with van der Waals surface area (Å²) < 4.78 is 38.0. The minimum atomic E-state index is -3.67. The first-order valence-corrected chi connectivity index (χ1v) is 9.52. The highest BCUT2D eigenvalue weighted by molar-refractivity contribution is 7.89. The van der Waals surface area contributed by atoms with Crippen molar-refractivity contribution < 1.29 is 22.7 Å². The number of amides is 1. The third kappa shape index (κ3) is 3.66. The molecule has 1 aliphatic rings. The lowest BCUT2D eigenvalue weighted by atomic mass is 10.2. The molecule has 2 aromatic rings. The molecule has 8 heteroatoms. The van der Waals surface area contributed by atoms with Crippen molar-refractivity contribution in [2.45, 2.75) is 17.4 Å². The predicted octanol–water partition coefficient (Wildman–Crippen LogP) is 1.79. The van der Waals surface area contributed by atoms with Gasteiger partial charge in [0.25, 0.3) is 0 Å². The highest BCUT2D eigenvalue weighted by atomic mass is 32.2. The number of nitrogens with one attached hydrogen (secondary N) is 1. The number of sulfonamides is 1. The Morgan fingerprint density at radius 3 is 2.38 bits per heavy atom. The fraction of sp³-hybridized carbons (Fsp3) is 0.278. The Labute approximate surface area is 152 Å². The highest BCUT2D eigenvalue weighted by Crippen LogP contribution is 2.33. The average molecular weight is 376 g/mol. The largest absolute Gasteiger partial charge is 0.493 e. The minimum Gasteiger partial charge on any atom is -0.493 e. The van der Waals surface area contributed by atoms with Crippen molar-refractivity contribution in [3.05, 3.63) is 48.5 Å². The Bertz CT molecular complexity index is 899. The molecule has 26 heavy (non-hydrogen) atoms. The SMILES string of the molecule is COc1ccc(N2C[C@H](NS(=O)(=O)c3ccccc3)CC2=O)cc1OC. The van der Waals surface area contributed by atoms with E-state index in [4.69, 9.17) is 9.47 Å². The number of carbonyl (C=O) groups is 1. The van der Waals surface area contributed by atoms with E-state index in [2.05, 4.69) is 4.72 Å². The predicted molar refractivity (Wildman–Crippen MR) is 97.1 cm³/mol. The molecule has 0 radical (unpaired) electrons. The van der Waals surface area contributed by atoms with Gasteiger partial charge in [-0.15, -0.1) is 0 Å². The first kappa shape index (κ1) is 18.2. The Morgan fingerprint density at radius 1 is 1.04 bits per heavy atom. The summed E-state index contributed by atoms with van der Waals surface area (Å²) in [6.45, 7) is 0.250. The molecule has 1 aliphatic heterocycles. The van der Waals surface area contributed by atoms with E-state index in [9.17, 15) is 13.2 Å². The number of hydrogen-bond acceptors (Lipinski definition) is 5. The van der Waals surface area contributed by atoms with Crippen LogP contribution in [0.4, 0.5) is 5.69 Å². The van der Waals surface area contributed by atoms with Gasteiger partial charge in [-0.05, 0) is 24.3 Å². The zero-order chi connectivity index (χ0) is 18.7. The Kier molecular flexibility index (Phi) is 5.15. The number of methoxy groups -OCH3 is 2. The van der Waals surface area contributed by atoms with Crippen molar-refractivity contribution in [2.24, 2.45) is 0 Å². The number of anilines is 1. The molecular weight excluding hydrogens is 356 g/mol. The summed E-state index contributed by atoms with van der Waals surface area (Å²) >= 11 is 0. The summed E-state index contributed by atoms with van der Waals surface area (Å²) in [6.07, 6.45) is 0.0976. The van der Waals surface area contributed by atoms with E-state index in [0.717, 1.165) is 0 Å². The third-order valence-corrected chi connectivity index (χ3v) is 5.72. The van der Waals surface area contributed by atoms with Gasteiger partial charge in [0.15, 0.2) is 11.5 Å². The minimum absolute atomic E-state index is 0.0976. The second-order valence-corrected chi connectivity index (χ2v) is 7.59. The molecule has 138 valence electrons. The van der Waals surface area contributed by atoms with Gasteiger partial charge in [0.2, 0.25) is 15.9 Å². The first-order chi connectivity index (χ1) is 12.4. The Morgan fingerprint density at radius 2 is 1.73 bits per heavy atom. The number of carbonyl (C=O) groups excluding carboxylic acids is 1. The number of hydrogen-bond donors (Lipinski definition) is 1. The zero-order valence-corrected chi connectivity index (χ0v) is 15.3. The van der Waals surface area contributed by atoms with Gasteiger partial charge in [-0.2, -0.15) is 0 Å². The molecule has 0 spiro atoms. The molecule has 0 unspecified atom stereocenters. The van der Waals surface area contributed by atoms with Gasteiger partial charge in [-0.3, -0.25) is 4.79 Å². The summed E-state index contributed by atoms with van der Waals surface area (Å²) in [5.41, 5.74) is 0.633. The second kappa shape index (κ2) is 7.35. The molecule has 0 saturated carbocycles. The maximum absolute atomic E-state index is 12.4. The van der Waals surface area contributed by atoms with E-state index in [1.165, 1.54) is 26.4 Å². The number of rotatable bonds is 6. The Hall–Kier alpha value is -2.58. The van der Waals surface area contributed by atoms with E-state index in [1.807, 2.05) is 0 Å². The fourth-order valence-corrected chi connectivity index (χ4v) is 4.16. The summed E-state index contributed by atoms with van der Waals surface area (Å²) in [5.74, 6) is 0.910. The van der Waals surface area contributed by atoms with Crippen LogP contribution >= 0.6 is 0 Å². The van der Waals surface area contributed by atoms with Gasteiger partial charge in [0.1, 0.15) is 0 Å². The van der Waals surface area contributed by atoms with Gasteiger partial charge in [0.05, 0.1) is 19.1 Å². The number of benzene rings is 2. The van der Waals surface area contributed by atoms with Crippen LogP contribution in [-0.4, -0.2) is 41.1 Å². The lowest BCUT2D eigenvalue weighted by Crippen LogP contribution is -2.37. The first-order valence-electron chi connectivity index (χ1n) is 8.04. The highest BCUT2D eigenvalue weighted by Gasteiger charge is 2.34. The van der Waals surface area contributed by atoms with Crippen LogP contribution in [0.15, 0.2) is 53.4 Å². The maximum Gasteiger partial charge on any atom is 0.240 e. The lowest BCUT2D eigenvalue weighted by Gasteiger charge is -2.19. The maximum atomic E-state index is 12.4. The summed E-state index contributed by atoms with van der Waals surface area (Å²) in [5, 5.41) is 0. The van der Waals surface area contributed by atoms with Crippen LogP contribution < -0.4 is 19.1 Å². The van der Waals surface area contributed by atoms with Gasteiger partial charge in [-0.1, -0.05) is 18.2 Å². The number of nitrogens with zero attached hydrogens (tertiary/aromatic N) is 1. The van der Waals surface area contributed by atoms with Gasteiger partial charge in [0, 0.05) is 30.8 Å². The van der Waals surface area contributed by atoms with Crippen LogP contribution in [-0.2, 0) is 14.8 Å². The van der Waals surface area contributed by atoms with E-state index in [1.54, 1.807) is 41.3 Å². The topological polar surface area (TPSA) is 84.9 Å². The smallest absolute Gasteiger partial charge is 0.240 e. The quantitative estimate of drug-likeness (QED) is 0.831. The standard InChI is InChI=1S/C18H20N2O5S/c1-24-16-9-8-14(11-17(16)25-2)20-12-13(10-18(20)21)19-26(22,23)15-6-4-3-5-7-15/h3-9,11,13,19H,10,12H2,1-2H3/t13-/m1/s1. The molecule has 1 fully saturated rings. The van der Waals surface area contributed by atoms with E-state index >= 15 is 0 Å². The molecule has 1 atom stereocenters. The van der Waals surface area contributed by atoms with Gasteiger partial charge in [-0.25, -0.2) is 13.1 Å². The Balaban J connectivity index is 1.77. The molecule has 2 aromatic carbocycles. The van der Waals surface area contributed by atoms with Crippen molar-refractivity contribution in [3.63, 3.8) is 0 Å². The van der Waals surface area contributed by atoms with Crippen LogP contribution in [0.3, 0.4) is 0 Å². The second-order valence-electron chi connectivity index (χ2n) is 5.88. The van der Waals surface area contributed by atoms with Crippen LogP contribution in [0.5, 0.6) is 11.5 Å². The molecule has 1 N–H and O–H groups in total. The van der Waals surface area contributed by atoms with Crippen LogP contribution in [0.2, 0.25) is 0 Å². The normalized spacial score (nSPS) is 17.4. The van der Waals surface area contributed by atoms with Gasteiger partial charge >= 0.3 is 0 Å². The molecule has 0 aliphatic carbocycles. The molecular formula is C18H20N2O5S. The molecule has 0 bridgehead atoms. The van der Waals surface area contributed by atoms with Crippen LogP contribution in [0.25, 0.3) is 0 Å². The van der Waals surface area contributed by atoms with Crippen LogP contribution in [0.1, 0.15) is 6.42 Å². The lowest BCUT2D eigenvalue weighted by molar-refractivity contribution is -0.117. The molecule has 7 nitrogen and oxygen atoms in total.